The normalized spacial score (nSPS) is 14.6. The number of halogens is 2. The van der Waals surface area contributed by atoms with Crippen molar-refractivity contribution in [1.82, 2.24) is 15.5 Å². The predicted octanol–water partition coefficient (Wildman–Crippen LogP) is 2.78. The van der Waals surface area contributed by atoms with Crippen molar-refractivity contribution in [3.8, 4) is 11.5 Å². The van der Waals surface area contributed by atoms with Crippen molar-refractivity contribution in [2.75, 3.05) is 20.2 Å². The first-order chi connectivity index (χ1) is 21.0. The van der Waals surface area contributed by atoms with Crippen molar-refractivity contribution in [2.24, 2.45) is 5.73 Å². The van der Waals surface area contributed by atoms with Crippen LogP contribution in [-0.4, -0.2) is 72.4 Å². The van der Waals surface area contributed by atoms with Crippen LogP contribution >= 0.6 is 11.3 Å². The average molecular weight is 632 g/mol. The molecule has 0 saturated carbocycles. The number of amidine groups is 1. The molecule has 1 aliphatic heterocycles. The highest BCUT2D eigenvalue weighted by molar-refractivity contribution is 7.10. The molecule has 1 aromatic heterocycles. The zero-order valence-electron chi connectivity index (χ0n) is 23.5. The molecule has 0 spiro atoms. The highest BCUT2D eigenvalue weighted by Gasteiger charge is 2.36. The number of nitrogens with zero attached hydrogens (tertiary/aromatic N) is 1. The van der Waals surface area contributed by atoms with Crippen LogP contribution < -0.4 is 21.1 Å². The second kappa shape index (κ2) is 16.1. The van der Waals surface area contributed by atoms with Gasteiger partial charge in [0.15, 0.2) is 6.04 Å². The van der Waals surface area contributed by atoms with Crippen LogP contribution in [0.3, 0.4) is 0 Å². The molecule has 234 valence electrons. The first-order valence-corrected chi connectivity index (χ1v) is 14.1. The summed E-state index contributed by atoms with van der Waals surface area (Å²) < 4.78 is 30.4. The third-order valence-corrected chi connectivity index (χ3v) is 7.31. The molecular formula is C29H31F2N5O7S. The molecule has 2 atom stereocenters. The number of alkyl halides is 2. The largest absolute Gasteiger partial charge is 0.467 e. The first-order valence-electron chi connectivity index (χ1n) is 13.2. The highest BCUT2D eigenvalue weighted by Crippen LogP contribution is 2.25. The fraction of sp³-hybridized carbons (Fsp3) is 0.276. The van der Waals surface area contributed by atoms with Gasteiger partial charge >= 0.3 is 12.6 Å². The van der Waals surface area contributed by atoms with E-state index in [9.17, 15) is 28.0 Å². The van der Waals surface area contributed by atoms with Crippen LogP contribution in [0, 0.1) is 5.41 Å². The maximum absolute atomic E-state index is 13.2. The van der Waals surface area contributed by atoms with Crippen molar-refractivity contribution >= 4 is 40.9 Å². The highest BCUT2D eigenvalue weighted by atomic mass is 32.1. The minimum absolute atomic E-state index is 0.163. The number of para-hydroxylation sites is 1. The minimum Gasteiger partial charge on any atom is -0.467 e. The van der Waals surface area contributed by atoms with E-state index in [1.807, 2.05) is 30.3 Å². The van der Waals surface area contributed by atoms with Gasteiger partial charge < -0.3 is 35.8 Å². The fourth-order valence-corrected chi connectivity index (χ4v) is 5.19. The standard InChI is InChI=1S/C28H29N5O6S.CH2F2O/c1-38-28(37)24(22-14-18(16-40-22)25(29)30)32-27(36)21-8-5-13-33(21)23(34)15-31-26(35)17-9-11-20(12-10-17)39-19-6-3-2-4-7-19;2-1(3)4/h2-4,6-7,9-12,14,16,21,24H,5,8,13,15H2,1H3,(H3,29,30)(H,31,35)(H,32,36);1,4H. The van der Waals surface area contributed by atoms with E-state index >= 15 is 0 Å². The summed E-state index contributed by atoms with van der Waals surface area (Å²) in [7, 11) is 1.21. The summed E-state index contributed by atoms with van der Waals surface area (Å²) in [5.41, 5.74) is 6.30. The Balaban J connectivity index is 0.00000124. The van der Waals surface area contributed by atoms with Crippen molar-refractivity contribution < 1.29 is 42.5 Å². The molecule has 3 aromatic rings. The van der Waals surface area contributed by atoms with Gasteiger partial charge in [-0.1, -0.05) is 18.2 Å². The number of nitrogen functional groups attached to an aromatic ring is 1. The SMILES string of the molecule is COC(=O)C(NC(=O)C1CCCN1C(=O)CNC(=O)c1ccc(Oc2ccccc2)cc1)c1cc(C(=N)N)cs1.OC(F)F. The lowest BCUT2D eigenvalue weighted by Gasteiger charge is -2.25. The Kier molecular flexibility index (Phi) is 12.3. The van der Waals surface area contributed by atoms with E-state index in [4.69, 9.17) is 25.7 Å². The summed E-state index contributed by atoms with van der Waals surface area (Å²) in [6, 6.07) is 15.4. The van der Waals surface area contributed by atoms with Gasteiger partial charge in [0.1, 0.15) is 23.4 Å². The number of likely N-dealkylation sites (tertiary alicyclic amines) is 1. The second-order valence-corrected chi connectivity index (χ2v) is 10.2. The number of thiophene rings is 1. The number of hydrogen-bond donors (Lipinski definition) is 5. The third kappa shape index (κ3) is 9.57. The van der Waals surface area contributed by atoms with Gasteiger partial charge in [0.2, 0.25) is 11.8 Å². The topological polar surface area (TPSA) is 184 Å². The van der Waals surface area contributed by atoms with Crippen LogP contribution in [0.15, 0.2) is 66.0 Å². The van der Waals surface area contributed by atoms with Gasteiger partial charge in [0, 0.05) is 27.9 Å². The van der Waals surface area contributed by atoms with E-state index < -0.39 is 42.4 Å². The molecular weight excluding hydrogens is 600 g/mol. The average Bonchev–Trinajstić information content (AvgIpc) is 3.70. The molecule has 15 heteroatoms. The van der Waals surface area contributed by atoms with Gasteiger partial charge in [-0.3, -0.25) is 19.8 Å². The van der Waals surface area contributed by atoms with E-state index in [1.54, 1.807) is 35.7 Å². The summed E-state index contributed by atoms with van der Waals surface area (Å²) in [4.78, 5) is 53.0. The molecule has 44 heavy (non-hydrogen) atoms. The molecule has 4 rings (SSSR count). The van der Waals surface area contributed by atoms with Crippen LogP contribution in [0.2, 0.25) is 0 Å². The fourth-order valence-electron chi connectivity index (χ4n) is 4.24. The Morgan fingerprint density at radius 2 is 1.73 bits per heavy atom. The number of benzene rings is 2. The number of nitrogens with one attached hydrogen (secondary N) is 3. The number of esters is 1. The Hall–Kier alpha value is -4.89. The molecule has 2 aromatic carbocycles. The maximum Gasteiger partial charge on any atom is 0.342 e. The lowest BCUT2D eigenvalue weighted by atomic mass is 10.1. The number of amides is 3. The molecule has 0 radical (unpaired) electrons. The lowest BCUT2D eigenvalue weighted by Crippen LogP contribution is -2.50. The number of hydrogen-bond acceptors (Lipinski definition) is 9. The summed E-state index contributed by atoms with van der Waals surface area (Å²) in [6.45, 7) is -3.12. The number of carbonyl (C=O) groups excluding carboxylic acids is 4. The van der Waals surface area contributed by atoms with E-state index in [1.165, 1.54) is 12.0 Å². The molecule has 2 unspecified atom stereocenters. The number of methoxy groups -OCH3 is 1. The zero-order chi connectivity index (χ0) is 32.2. The van der Waals surface area contributed by atoms with E-state index in [0.29, 0.717) is 46.9 Å². The van der Waals surface area contributed by atoms with Crippen LogP contribution in [0.5, 0.6) is 11.5 Å². The molecule has 1 aliphatic rings. The molecule has 6 N–H and O–H groups in total. The molecule has 0 bridgehead atoms. The Morgan fingerprint density at radius 1 is 1.09 bits per heavy atom. The number of ether oxygens (including phenoxy) is 2. The Morgan fingerprint density at radius 3 is 2.32 bits per heavy atom. The zero-order valence-corrected chi connectivity index (χ0v) is 24.3. The van der Waals surface area contributed by atoms with Crippen LogP contribution in [-0.2, 0) is 19.1 Å². The molecule has 3 amide bonds. The summed E-state index contributed by atoms with van der Waals surface area (Å²) in [5, 5.41) is 21.2. The van der Waals surface area contributed by atoms with Crippen LogP contribution in [0.25, 0.3) is 0 Å². The first kappa shape index (κ1) is 33.6. The maximum atomic E-state index is 13.2. The summed E-state index contributed by atoms with van der Waals surface area (Å²) in [6.07, 6.45) is 1.00. The monoisotopic (exact) mass is 631 g/mol. The van der Waals surface area contributed by atoms with E-state index in [0.717, 1.165) is 11.3 Å². The van der Waals surface area contributed by atoms with E-state index in [-0.39, 0.29) is 12.4 Å². The quantitative estimate of drug-likeness (QED) is 0.129. The van der Waals surface area contributed by atoms with Gasteiger partial charge in [-0.25, -0.2) is 4.79 Å². The van der Waals surface area contributed by atoms with E-state index in [2.05, 4.69) is 10.6 Å². The summed E-state index contributed by atoms with van der Waals surface area (Å²) in [5.74, 6) is -0.987. The molecule has 0 aliphatic carbocycles. The molecule has 1 fully saturated rings. The smallest absolute Gasteiger partial charge is 0.342 e. The van der Waals surface area contributed by atoms with Gasteiger partial charge in [0.25, 0.3) is 5.91 Å². The predicted molar refractivity (Wildman–Crippen MR) is 156 cm³/mol. The van der Waals surface area contributed by atoms with Gasteiger partial charge in [0.05, 0.1) is 13.7 Å². The molecule has 2 heterocycles. The van der Waals surface area contributed by atoms with Gasteiger partial charge in [-0.2, -0.15) is 8.78 Å². The van der Waals surface area contributed by atoms with Gasteiger partial charge in [-0.05, 0) is 55.3 Å². The van der Waals surface area contributed by atoms with Crippen molar-refractivity contribution in [1.29, 1.82) is 5.41 Å². The van der Waals surface area contributed by atoms with Crippen molar-refractivity contribution in [2.45, 2.75) is 31.5 Å². The number of carbonyl (C=O) groups is 4. The number of rotatable bonds is 10. The number of nitrogens with two attached hydrogens (primary N) is 1. The van der Waals surface area contributed by atoms with Crippen LogP contribution in [0.1, 0.15) is 39.7 Å². The molecule has 1 saturated heterocycles. The minimum atomic E-state index is -3.17. The van der Waals surface area contributed by atoms with Crippen LogP contribution in [0.4, 0.5) is 8.78 Å². The Labute approximate surface area is 255 Å². The summed E-state index contributed by atoms with van der Waals surface area (Å²) >= 11 is 1.16. The van der Waals surface area contributed by atoms with Crippen molar-refractivity contribution in [3.63, 3.8) is 0 Å². The lowest BCUT2D eigenvalue weighted by molar-refractivity contribution is -0.146. The second-order valence-electron chi connectivity index (χ2n) is 9.26. The molecule has 12 nitrogen and oxygen atoms in total. The number of aliphatic hydroxyl groups is 1. The number of aliphatic hydroxyl groups excluding tert-OH is 1. The Bertz CT molecular complexity index is 1450. The van der Waals surface area contributed by atoms with Gasteiger partial charge in [-0.15, -0.1) is 11.3 Å². The van der Waals surface area contributed by atoms with Crippen molar-refractivity contribution in [3.05, 3.63) is 82.0 Å². The third-order valence-electron chi connectivity index (χ3n) is 6.31.